The highest BCUT2D eigenvalue weighted by Gasteiger charge is 2.30. The summed E-state index contributed by atoms with van der Waals surface area (Å²) in [5.41, 5.74) is 1.11. The second-order valence-electron chi connectivity index (χ2n) is 6.22. The van der Waals surface area contributed by atoms with Crippen LogP contribution in [0.4, 0.5) is 4.79 Å². The molecule has 9 heteroatoms. The van der Waals surface area contributed by atoms with Crippen molar-refractivity contribution in [3.63, 3.8) is 0 Å². The number of hydrogen-bond acceptors (Lipinski definition) is 7. The molecule has 2 amide bonds. The molecule has 1 aromatic rings. The third-order valence-electron chi connectivity index (χ3n) is 4.12. The number of rotatable bonds is 9. The Bertz CT molecular complexity index is 861. The molecule has 1 heterocycles. The second-order valence-corrected chi connectivity index (χ2v) is 6.22. The van der Waals surface area contributed by atoms with E-state index in [9.17, 15) is 14.4 Å². The van der Waals surface area contributed by atoms with E-state index in [1.165, 1.54) is 13.2 Å². The van der Waals surface area contributed by atoms with Crippen LogP contribution in [0.2, 0.25) is 0 Å². The SMILES string of the molecule is CCOC(=O)C1=C(COC(=O)/C=C/c2ccc(OCC)c(OC)c2)NC(=O)N[C@@H]1C. The van der Waals surface area contributed by atoms with Crippen molar-refractivity contribution in [2.24, 2.45) is 0 Å². The van der Waals surface area contributed by atoms with Gasteiger partial charge in [-0.05, 0) is 44.5 Å². The minimum atomic E-state index is -0.640. The summed E-state index contributed by atoms with van der Waals surface area (Å²) in [4.78, 5) is 36.0. The van der Waals surface area contributed by atoms with E-state index >= 15 is 0 Å². The van der Waals surface area contributed by atoms with Crippen LogP contribution in [0.15, 0.2) is 35.5 Å². The molecule has 0 bridgehead atoms. The standard InChI is InChI=1S/C21H26N2O7/c1-5-28-16-9-7-14(11-17(16)27-4)8-10-18(24)30-12-15-19(20(25)29-6-2)13(3)22-21(26)23-15/h7-11,13H,5-6,12H2,1-4H3,(H2,22,23,26)/b10-8+/t13-/m1/s1. The van der Waals surface area contributed by atoms with Crippen LogP contribution in [0.1, 0.15) is 26.3 Å². The highest BCUT2D eigenvalue weighted by Crippen LogP contribution is 2.28. The maximum Gasteiger partial charge on any atom is 0.338 e. The van der Waals surface area contributed by atoms with Crippen LogP contribution >= 0.6 is 0 Å². The Hall–Kier alpha value is -3.49. The molecule has 2 N–H and O–H groups in total. The number of benzene rings is 1. The largest absolute Gasteiger partial charge is 0.493 e. The van der Waals surface area contributed by atoms with Gasteiger partial charge in [-0.15, -0.1) is 0 Å². The van der Waals surface area contributed by atoms with Crippen LogP contribution in [0.3, 0.4) is 0 Å². The molecule has 0 aromatic heterocycles. The van der Waals surface area contributed by atoms with E-state index in [0.29, 0.717) is 23.7 Å². The average molecular weight is 418 g/mol. The van der Waals surface area contributed by atoms with E-state index in [4.69, 9.17) is 18.9 Å². The van der Waals surface area contributed by atoms with Crippen LogP contribution in [0, 0.1) is 0 Å². The molecule has 30 heavy (non-hydrogen) atoms. The molecule has 0 saturated heterocycles. The van der Waals surface area contributed by atoms with Crippen LogP contribution in [0.25, 0.3) is 6.08 Å². The van der Waals surface area contributed by atoms with Gasteiger partial charge in [0.1, 0.15) is 6.61 Å². The first-order chi connectivity index (χ1) is 14.4. The van der Waals surface area contributed by atoms with Crippen LogP contribution in [-0.2, 0) is 19.1 Å². The lowest BCUT2D eigenvalue weighted by Crippen LogP contribution is -2.50. The Kier molecular flexibility index (Phi) is 8.28. The Labute approximate surface area is 175 Å². The molecule has 0 spiro atoms. The van der Waals surface area contributed by atoms with Crippen molar-refractivity contribution in [2.45, 2.75) is 26.8 Å². The van der Waals surface area contributed by atoms with Gasteiger partial charge in [0.15, 0.2) is 11.5 Å². The van der Waals surface area contributed by atoms with Crippen molar-refractivity contribution in [3.05, 3.63) is 41.1 Å². The second kappa shape index (κ2) is 10.9. The van der Waals surface area contributed by atoms with E-state index in [1.807, 2.05) is 6.92 Å². The number of methoxy groups -OCH3 is 1. The van der Waals surface area contributed by atoms with Crippen molar-refractivity contribution in [1.29, 1.82) is 0 Å². The first kappa shape index (κ1) is 22.8. The van der Waals surface area contributed by atoms with Crippen LogP contribution in [0.5, 0.6) is 11.5 Å². The van der Waals surface area contributed by atoms with Gasteiger partial charge in [-0.2, -0.15) is 0 Å². The number of esters is 2. The Balaban J connectivity index is 2.07. The van der Waals surface area contributed by atoms with E-state index in [2.05, 4.69) is 10.6 Å². The molecule has 0 fully saturated rings. The molecule has 0 radical (unpaired) electrons. The summed E-state index contributed by atoms with van der Waals surface area (Å²) in [5, 5.41) is 5.07. The topological polar surface area (TPSA) is 112 Å². The van der Waals surface area contributed by atoms with Gasteiger partial charge in [-0.1, -0.05) is 6.07 Å². The molecular formula is C21H26N2O7. The summed E-state index contributed by atoms with van der Waals surface area (Å²) < 4.78 is 20.9. The fourth-order valence-corrected chi connectivity index (χ4v) is 2.81. The van der Waals surface area contributed by atoms with Crippen molar-refractivity contribution in [2.75, 3.05) is 26.9 Å². The Morgan fingerprint density at radius 3 is 2.57 bits per heavy atom. The summed E-state index contributed by atoms with van der Waals surface area (Å²) in [6.07, 6.45) is 2.80. The summed E-state index contributed by atoms with van der Waals surface area (Å²) in [5.74, 6) is -0.0727. The predicted octanol–water partition coefficient (Wildman–Crippen LogP) is 2.17. The molecule has 162 valence electrons. The lowest BCUT2D eigenvalue weighted by atomic mass is 10.0. The van der Waals surface area contributed by atoms with Gasteiger partial charge in [0.2, 0.25) is 0 Å². The summed E-state index contributed by atoms with van der Waals surface area (Å²) in [6, 6.07) is 4.19. The Morgan fingerprint density at radius 1 is 1.13 bits per heavy atom. The fraction of sp³-hybridized carbons (Fsp3) is 0.381. The number of amides is 2. The zero-order chi connectivity index (χ0) is 22.1. The first-order valence-corrected chi connectivity index (χ1v) is 9.52. The van der Waals surface area contributed by atoms with Gasteiger partial charge >= 0.3 is 18.0 Å². The summed E-state index contributed by atoms with van der Waals surface area (Å²) in [7, 11) is 1.53. The zero-order valence-electron chi connectivity index (χ0n) is 17.4. The summed E-state index contributed by atoms with van der Waals surface area (Å²) >= 11 is 0. The summed E-state index contributed by atoms with van der Waals surface area (Å²) in [6.45, 7) is 5.61. The van der Waals surface area contributed by atoms with Gasteiger partial charge in [0.05, 0.1) is 37.6 Å². The lowest BCUT2D eigenvalue weighted by Gasteiger charge is -2.26. The van der Waals surface area contributed by atoms with Crippen molar-refractivity contribution in [3.8, 4) is 11.5 Å². The van der Waals surface area contributed by atoms with Crippen molar-refractivity contribution in [1.82, 2.24) is 10.6 Å². The molecule has 2 rings (SSSR count). The van der Waals surface area contributed by atoms with Crippen LogP contribution in [-0.4, -0.2) is 50.9 Å². The number of urea groups is 1. The zero-order valence-corrected chi connectivity index (χ0v) is 17.4. The third kappa shape index (κ3) is 6.00. The number of carbonyl (C=O) groups is 3. The monoisotopic (exact) mass is 418 g/mol. The maximum atomic E-state index is 12.2. The molecular weight excluding hydrogens is 392 g/mol. The van der Waals surface area contributed by atoms with Gasteiger partial charge in [0, 0.05) is 6.08 Å². The van der Waals surface area contributed by atoms with Gasteiger partial charge in [-0.25, -0.2) is 14.4 Å². The normalized spacial score (nSPS) is 16.0. The van der Waals surface area contributed by atoms with E-state index in [1.54, 1.807) is 38.1 Å². The average Bonchev–Trinajstić information content (AvgIpc) is 2.71. The van der Waals surface area contributed by atoms with Gasteiger partial charge < -0.3 is 29.6 Å². The van der Waals surface area contributed by atoms with E-state index in [0.717, 1.165) is 0 Å². The molecule has 0 saturated carbocycles. The number of carbonyl (C=O) groups excluding carboxylic acids is 3. The molecule has 1 aliphatic rings. The molecule has 0 unspecified atom stereocenters. The maximum absolute atomic E-state index is 12.2. The van der Waals surface area contributed by atoms with E-state index < -0.39 is 24.0 Å². The smallest absolute Gasteiger partial charge is 0.338 e. The lowest BCUT2D eigenvalue weighted by molar-refractivity contribution is -0.140. The molecule has 1 aromatic carbocycles. The number of nitrogens with one attached hydrogen (secondary N) is 2. The Morgan fingerprint density at radius 2 is 1.90 bits per heavy atom. The third-order valence-corrected chi connectivity index (χ3v) is 4.12. The number of hydrogen-bond donors (Lipinski definition) is 2. The van der Waals surface area contributed by atoms with Crippen LogP contribution < -0.4 is 20.1 Å². The highest BCUT2D eigenvalue weighted by molar-refractivity contribution is 5.95. The van der Waals surface area contributed by atoms with Gasteiger partial charge in [-0.3, -0.25) is 0 Å². The molecule has 1 atom stereocenters. The molecule has 0 aliphatic carbocycles. The van der Waals surface area contributed by atoms with E-state index in [-0.39, 0.29) is 24.5 Å². The predicted molar refractivity (Wildman–Crippen MR) is 109 cm³/mol. The highest BCUT2D eigenvalue weighted by atomic mass is 16.5. The quantitative estimate of drug-likeness (QED) is 0.467. The molecule has 1 aliphatic heterocycles. The van der Waals surface area contributed by atoms with Gasteiger partial charge in [0.25, 0.3) is 0 Å². The first-order valence-electron chi connectivity index (χ1n) is 9.52. The molecule has 9 nitrogen and oxygen atoms in total. The van der Waals surface area contributed by atoms with Crippen molar-refractivity contribution >= 4 is 24.0 Å². The van der Waals surface area contributed by atoms with Crippen molar-refractivity contribution < 1.29 is 33.3 Å². The fourth-order valence-electron chi connectivity index (χ4n) is 2.81. The minimum Gasteiger partial charge on any atom is -0.493 e. The minimum absolute atomic E-state index is 0.185. The number of ether oxygens (including phenoxy) is 4.